The molecule has 0 spiro atoms. The van der Waals surface area contributed by atoms with E-state index in [9.17, 15) is 9.90 Å². The zero-order valence-electron chi connectivity index (χ0n) is 11.8. The van der Waals surface area contributed by atoms with Gasteiger partial charge in [0.25, 0.3) is 0 Å². The molecule has 0 aromatic rings. The van der Waals surface area contributed by atoms with E-state index >= 15 is 0 Å². The Labute approximate surface area is 132 Å². The Morgan fingerprint density at radius 2 is 1.56 bits per heavy atom. The summed E-state index contributed by atoms with van der Waals surface area (Å²) >= 11 is 0. The van der Waals surface area contributed by atoms with Gasteiger partial charge in [0.1, 0.15) is 6.54 Å². The molecular formula is C13H24NNaO3. The molecule has 1 N–H and O–H groups in total. The smallest absolute Gasteiger partial charge is 0.862 e. The van der Waals surface area contributed by atoms with E-state index in [0.29, 0.717) is 6.42 Å². The minimum absolute atomic E-state index is 0. The maximum Gasteiger partial charge on any atom is 1.00 e. The van der Waals surface area contributed by atoms with Crippen LogP contribution in [0.15, 0.2) is 4.99 Å². The van der Waals surface area contributed by atoms with Gasteiger partial charge >= 0.3 is 35.5 Å². The largest absolute Gasteiger partial charge is 1.00 e. The molecule has 0 radical (unpaired) electrons. The van der Waals surface area contributed by atoms with Crippen LogP contribution in [0.25, 0.3) is 0 Å². The van der Waals surface area contributed by atoms with Gasteiger partial charge in [-0.2, -0.15) is 0 Å². The van der Waals surface area contributed by atoms with E-state index in [4.69, 9.17) is 5.11 Å². The van der Waals surface area contributed by atoms with E-state index in [0.717, 1.165) is 19.3 Å². The van der Waals surface area contributed by atoms with E-state index in [1.54, 1.807) is 0 Å². The van der Waals surface area contributed by atoms with Crippen LogP contribution in [-0.2, 0) is 4.79 Å². The summed E-state index contributed by atoms with van der Waals surface area (Å²) in [7, 11) is 0. The fraction of sp³-hybridized carbons (Fsp3) is 0.846. The number of aliphatic carboxylic acids is 1. The quantitative estimate of drug-likeness (QED) is 0.234. The summed E-state index contributed by atoms with van der Waals surface area (Å²) in [6, 6.07) is 0. The molecule has 4 nitrogen and oxygen atoms in total. The topological polar surface area (TPSA) is 72.7 Å². The third kappa shape index (κ3) is 15.9. The van der Waals surface area contributed by atoms with Crippen LogP contribution in [-0.4, -0.2) is 23.5 Å². The SMILES string of the molecule is CCCCCCCCCCC([O-])=NCC(=O)O.[Na+]. The minimum atomic E-state index is -1.05. The monoisotopic (exact) mass is 265 g/mol. The molecule has 0 saturated heterocycles. The summed E-state index contributed by atoms with van der Waals surface area (Å²) in [4.78, 5) is 13.6. The average molecular weight is 265 g/mol. The molecule has 5 heteroatoms. The number of aliphatic imine (C=N–C) groups is 1. The van der Waals surface area contributed by atoms with Gasteiger partial charge in [-0.05, 0) is 18.7 Å². The van der Waals surface area contributed by atoms with Gasteiger partial charge in [0, 0.05) is 0 Å². The van der Waals surface area contributed by atoms with Crippen molar-refractivity contribution in [3.63, 3.8) is 0 Å². The van der Waals surface area contributed by atoms with Gasteiger partial charge in [0.05, 0.1) is 0 Å². The Bertz CT molecular complexity index is 232. The van der Waals surface area contributed by atoms with Crippen LogP contribution >= 0.6 is 0 Å². The number of carboxylic acid groups (broad SMARTS) is 1. The number of hydrogen-bond acceptors (Lipinski definition) is 3. The average Bonchev–Trinajstić information content (AvgIpc) is 2.30. The molecule has 0 saturated carbocycles. The summed E-state index contributed by atoms with van der Waals surface area (Å²) < 4.78 is 0. The number of rotatable bonds is 11. The van der Waals surface area contributed by atoms with Gasteiger partial charge in [-0.3, -0.25) is 9.79 Å². The van der Waals surface area contributed by atoms with E-state index in [-0.39, 0.29) is 35.5 Å². The van der Waals surface area contributed by atoms with Crippen molar-refractivity contribution in [2.24, 2.45) is 4.99 Å². The van der Waals surface area contributed by atoms with Crippen molar-refractivity contribution in [3.8, 4) is 0 Å². The van der Waals surface area contributed by atoms with Crippen molar-refractivity contribution in [3.05, 3.63) is 0 Å². The van der Waals surface area contributed by atoms with Gasteiger partial charge in [0.2, 0.25) is 0 Å². The molecule has 0 unspecified atom stereocenters. The first-order chi connectivity index (χ1) is 8.16. The molecule has 18 heavy (non-hydrogen) atoms. The number of carbonyl (C=O) groups is 1. The van der Waals surface area contributed by atoms with E-state index in [1.807, 2.05) is 0 Å². The number of carboxylic acids is 1. The fourth-order valence-electron chi connectivity index (χ4n) is 1.64. The normalized spacial score (nSPS) is 11.1. The summed E-state index contributed by atoms with van der Waals surface area (Å²) in [5.74, 6) is -1.33. The Balaban J connectivity index is 0. The Kier molecular flexibility index (Phi) is 16.9. The third-order valence-corrected chi connectivity index (χ3v) is 2.63. The van der Waals surface area contributed by atoms with Gasteiger partial charge in [-0.15, -0.1) is 0 Å². The second-order valence-corrected chi connectivity index (χ2v) is 4.33. The van der Waals surface area contributed by atoms with Crippen molar-refractivity contribution in [1.29, 1.82) is 0 Å². The van der Waals surface area contributed by atoms with Crippen molar-refractivity contribution in [1.82, 2.24) is 0 Å². The first-order valence-electron chi connectivity index (χ1n) is 6.59. The molecule has 0 aliphatic carbocycles. The van der Waals surface area contributed by atoms with Gasteiger partial charge in [0.15, 0.2) is 0 Å². The standard InChI is InChI=1S/C13H25NO3.Na/c1-2-3-4-5-6-7-8-9-10-12(15)14-11-13(16)17;/h2-11H2,1H3,(H,14,15)(H,16,17);/q;+1/p-1. The maximum absolute atomic E-state index is 11.1. The van der Waals surface area contributed by atoms with Crippen LogP contribution in [0.3, 0.4) is 0 Å². The molecule has 0 aliphatic heterocycles. The third-order valence-electron chi connectivity index (χ3n) is 2.63. The van der Waals surface area contributed by atoms with Gasteiger partial charge < -0.3 is 10.2 Å². The van der Waals surface area contributed by atoms with Crippen molar-refractivity contribution in [2.45, 2.75) is 64.7 Å². The molecule has 100 valence electrons. The number of hydrogen-bond donors (Lipinski definition) is 1. The van der Waals surface area contributed by atoms with Crippen molar-refractivity contribution >= 4 is 11.9 Å². The second-order valence-electron chi connectivity index (χ2n) is 4.33. The number of unbranched alkanes of at least 4 members (excludes halogenated alkanes) is 7. The van der Waals surface area contributed by atoms with Crippen LogP contribution in [0.4, 0.5) is 0 Å². The van der Waals surface area contributed by atoms with Crippen LogP contribution in [0.2, 0.25) is 0 Å². The van der Waals surface area contributed by atoms with Crippen LogP contribution in [0.5, 0.6) is 0 Å². The molecule has 0 aliphatic rings. The predicted octanol–water partition coefficient (Wildman–Crippen LogP) is -0.635. The first kappa shape index (κ1) is 20.3. The zero-order valence-corrected chi connectivity index (χ0v) is 13.8. The summed E-state index contributed by atoms with van der Waals surface area (Å²) in [6.45, 7) is 1.81. The molecule has 0 fully saturated rings. The van der Waals surface area contributed by atoms with E-state index < -0.39 is 12.5 Å². The molecule has 0 amide bonds. The van der Waals surface area contributed by atoms with E-state index in [2.05, 4.69) is 11.9 Å². The second kappa shape index (κ2) is 15.0. The van der Waals surface area contributed by atoms with Crippen LogP contribution < -0.4 is 34.7 Å². The van der Waals surface area contributed by atoms with Crippen LogP contribution in [0.1, 0.15) is 64.7 Å². The van der Waals surface area contributed by atoms with Crippen LogP contribution in [0, 0.1) is 0 Å². The predicted molar refractivity (Wildman–Crippen MR) is 67.2 cm³/mol. The minimum Gasteiger partial charge on any atom is -0.862 e. The molecule has 0 atom stereocenters. The Hall–Kier alpha value is -0.0600. The number of nitrogens with zero attached hydrogens (tertiary/aromatic N) is 1. The Morgan fingerprint density at radius 3 is 2.06 bits per heavy atom. The maximum atomic E-state index is 11.1. The summed E-state index contributed by atoms with van der Waals surface area (Å²) in [5, 5.41) is 19.4. The molecule has 0 heterocycles. The zero-order chi connectivity index (χ0) is 12.9. The molecule has 0 aromatic heterocycles. The van der Waals surface area contributed by atoms with Crippen molar-refractivity contribution in [2.75, 3.05) is 6.54 Å². The fourth-order valence-corrected chi connectivity index (χ4v) is 1.64. The van der Waals surface area contributed by atoms with E-state index in [1.165, 1.54) is 32.1 Å². The molecule has 0 rings (SSSR count). The van der Waals surface area contributed by atoms with Gasteiger partial charge in [-0.25, -0.2) is 0 Å². The Morgan fingerprint density at radius 1 is 1.06 bits per heavy atom. The van der Waals surface area contributed by atoms with Gasteiger partial charge in [-0.1, -0.05) is 51.9 Å². The first-order valence-corrected chi connectivity index (χ1v) is 6.59. The molecule has 0 bridgehead atoms. The molecular weight excluding hydrogens is 241 g/mol. The van der Waals surface area contributed by atoms with Crippen molar-refractivity contribution < 1.29 is 44.6 Å². The summed E-state index contributed by atoms with van der Waals surface area (Å²) in [6.07, 6.45) is 9.83. The molecule has 0 aromatic carbocycles. The summed E-state index contributed by atoms with van der Waals surface area (Å²) in [5.41, 5.74) is 0.